The molecule has 2 aromatic carbocycles. The van der Waals surface area contributed by atoms with Crippen LogP contribution in [0.2, 0.25) is 5.02 Å². The largest absolute Gasteiger partial charge is 0.350 e. The molecule has 0 atom stereocenters. The molecule has 0 radical (unpaired) electrons. The molecule has 4 rings (SSSR count). The Morgan fingerprint density at radius 2 is 1.93 bits per heavy atom. The molecule has 5 heteroatoms. The summed E-state index contributed by atoms with van der Waals surface area (Å²) in [5.74, 6) is 0.617. The highest BCUT2D eigenvalue weighted by molar-refractivity contribution is 6.30. The molecule has 1 aromatic heterocycles. The number of amides is 2. The lowest BCUT2D eigenvalue weighted by molar-refractivity contribution is 0.182. The second-order valence-electron chi connectivity index (χ2n) is 7.36. The fraction of sp³-hybridized carbons (Fsp3) is 0.318. The number of carbonyl (C=O) groups excluding carboxylic acids is 1. The molecule has 140 valence electrons. The van der Waals surface area contributed by atoms with Gasteiger partial charge in [-0.25, -0.2) is 4.79 Å². The van der Waals surface area contributed by atoms with Crippen LogP contribution in [0.1, 0.15) is 18.4 Å². The summed E-state index contributed by atoms with van der Waals surface area (Å²) in [6.45, 7) is 1.59. The number of anilines is 1. The topological polar surface area (TPSA) is 37.3 Å². The molecule has 0 saturated carbocycles. The summed E-state index contributed by atoms with van der Waals surface area (Å²) in [6, 6.07) is 15.8. The Hall–Kier alpha value is -2.46. The number of aryl methyl sites for hydroxylation is 1. The fourth-order valence-corrected chi connectivity index (χ4v) is 4.20. The van der Waals surface area contributed by atoms with Gasteiger partial charge in [0.2, 0.25) is 0 Å². The molecule has 0 unspecified atom stereocenters. The molecule has 4 nitrogen and oxygen atoms in total. The van der Waals surface area contributed by atoms with Crippen LogP contribution in [0.25, 0.3) is 10.9 Å². The van der Waals surface area contributed by atoms with E-state index in [4.69, 9.17) is 11.6 Å². The number of nitrogens with one attached hydrogen (secondary N) is 1. The summed E-state index contributed by atoms with van der Waals surface area (Å²) >= 11 is 5.99. The lowest BCUT2D eigenvalue weighted by Gasteiger charge is -2.32. The maximum atomic E-state index is 12.5. The number of para-hydroxylation sites is 1. The van der Waals surface area contributed by atoms with Crippen LogP contribution in [-0.4, -0.2) is 28.6 Å². The second kappa shape index (κ2) is 7.65. The van der Waals surface area contributed by atoms with Crippen LogP contribution in [0.4, 0.5) is 10.5 Å². The highest BCUT2D eigenvalue weighted by atomic mass is 35.5. The first kappa shape index (κ1) is 17.9. The number of piperidine rings is 1. The summed E-state index contributed by atoms with van der Waals surface area (Å²) in [7, 11) is 2.11. The third-order valence-corrected chi connectivity index (χ3v) is 5.70. The fourth-order valence-electron chi connectivity index (χ4n) is 4.01. The van der Waals surface area contributed by atoms with Crippen LogP contribution in [0.3, 0.4) is 0 Å². The molecule has 1 saturated heterocycles. The predicted molar refractivity (Wildman–Crippen MR) is 111 cm³/mol. The van der Waals surface area contributed by atoms with Crippen LogP contribution in [-0.2, 0) is 13.5 Å². The van der Waals surface area contributed by atoms with Gasteiger partial charge >= 0.3 is 6.03 Å². The van der Waals surface area contributed by atoms with Gasteiger partial charge in [-0.3, -0.25) is 0 Å². The molecular weight excluding hydrogens is 358 g/mol. The van der Waals surface area contributed by atoms with E-state index in [-0.39, 0.29) is 6.03 Å². The summed E-state index contributed by atoms with van der Waals surface area (Å²) in [5.41, 5.74) is 3.44. The minimum absolute atomic E-state index is 0.0409. The number of carbonyl (C=O) groups is 1. The van der Waals surface area contributed by atoms with Gasteiger partial charge in [-0.15, -0.1) is 0 Å². The van der Waals surface area contributed by atoms with Crippen molar-refractivity contribution in [2.45, 2.75) is 19.3 Å². The number of hydrogen-bond acceptors (Lipinski definition) is 1. The van der Waals surface area contributed by atoms with Crippen molar-refractivity contribution in [3.8, 4) is 0 Å². The van der Waals surface area contributed by atoms with Crippen molar-refractivity contribution in [3.05, 3.63) is 65.3 Å². The second-order valence-corrected chi connectivity index (χ2v) is 7.79. The van der Waals surface area contributed by atoms with E-state index in [1.807, 2.05) is 17.0 Å². The highest BCUT2D eigenvalue weighted by Gasteiger charge is 2.24. The van der Waals surface area contributed by atoms with Crippen molar-refractivity contribution in [2.75, 3.05) is 18.4 Å². The van der Waals surface area contributed by atoms with Crippen molar-refractivity contribution in [1.29, 1.82) is 0 Å². The lowest BCUT2D eigenvalue weighted by atomic mass is 9.90. The van der Waals surface area contributed by atoms with Gasteiger partial charge in [0.15, 0.2) is 0 Å². The van der Waals surface area contributed by atoms with Gasteiger partial charge in [0.1, 0.15) is 0 Å². The SMILES string of the molecule is Cn1cc(CC2CCN(C(=O)Nc3cccc(Cl)c3)CC2)c2ccccc21. The summed E-state index contributed by atoms with van der Waals surface area (Å²) in [6.07, 6.45) is 5.40. The van der Waals surface area contributed by atoms with Gasteiger partial charge in [-0.2, -0.15) is 0 Å². The van der Waals surface area contributed by atoms with Crippen molar-refractivity contribution < 1.29 is 4.79 Å². The number of urea groups is 1. The molecule has 2 amide bonds. The molecule has 27 heavy (non-hydrogen) atoms. The van der Waals surface area contributed by atoms with E-state index in [1.165, 1.54) is 16.5 Å². The average Bonchev–Trinajstić information content (AvgIpc) is 2.98. The normalized spacial score (nSPS) is 15.3. The number of aromatic nitrogens is 1. The van der Waals surface area contributed by atoms with Gasteiger partial charge in [-0.1, -0.05) is 35.9 Å². The first-order valence-electron chi connectivity index (χ1n) is 9.44. The summed E-state index contributed by atoms with van der Waals surface area (Å²) < 4.78 is 2.21. The molecule has 1 aliphatic rings. The zero-order valence-corrected chi connectivity index (χ0v) is 16.2. The number of nitrogens with zero attached hydrogens (tertiary/aromatic N) is 2. The average molecular weight is 382 g/mol. The molecule has 0 aliphatic carbocycles. The maximum absolute atomic E-state index is 12.5. The van der Waals surface area contributed by atoms with Crippen LogP contribution in [0, 0.1) is 5.92 Å². The molecular formula is C22H24ClN3O. The van der Waals surface area contributed by atoms with E-state index in [2.05, 4.69) is 47.4 Å². The highest BCUT2D eigenvalue weighted by Crippen LogP contribution is 2.27. The van der Waals surface area contributed by atoms with Crippen LogP contribution < -0.4 is 5.32 Å². The zero-order chi connectivity index (χ0) is 18.8. The van der Waals surface area contributed by atoms with Gasteiger partial charge in [0, 0.05) is 47.9 Å². The van der Waals surface area contributed by atoms with Gasteiger partial charge < -0.3 is 14.8 Å². The molecule has 0 bridgehead atoms. The standard InChI is InChI=1S/C22H24ClN3O/c1-25-15-17(20-7-2-3-8-21(20)25)13-16-9-11-26(12-10-16)22(27)24-19-6-4-5-18(23)14-19/h2-8,14-16H,9-13H2,1H3,(H,24,27). The first-order valence-corrected chi connectivity index (χ1v) is 9.82. The smallest absolute Gasteiger partial charge is 0.321 e. The van der Waals surface area contributed by atoms with Crippen molar-refractivity contribution in [1.82, 2.24) is 9.47 Å². The van der Waals surface area contributed by atoms with E-state index in [0.29, 0.717) is 10.9 Å². The van der Waals surface area contributed by atoms with E-state index in [9.17, 15) is 4.79 Å². The Bertz CT molecular complexity index is 957. The third kappa shape index (κ3) is 3.96. The van der Waals surface area contributed by atoms with E-state index < -0.39 is 0 Å². The molecule has 1 fully saturated rings. The number of hydrogen-bond donors (Lipinski definition) is 1. The van der Waals surface area contributed by atoms with Crippen molar-refractivity contribution >= 4 is 34.2 Å². The van der Waals surface area contributed by atoms with Crippen molar-refractivity contribution in [3.63, 3.8) is 0 Å². The quantitative estimate of drug-likeness (QED) is 0.655. The number of rotatable bonds is 3. The predicted octanol–water partition coefficient (Wildman–Crippen LogP) is 5.32. The minimum Gasteiger partial charge on any atom is -0.350 e. The zero-order valence-electron chi connectivity index (χ0n) is 15.5. The Morgan fingerprint density at radius 1 is 1.15 bits per heavy atom. The monoisotopic (exact) mass is 381 g/mol. The minimum atomic E-state index is -0.0409. The Labute approximate surface area is 164 Å². The maximum Gasteiger partial charge on any atom is 0.321 e. The lowest BCUT2D eigenvalue weighted by Crippen LogP contribution is -2.41. The first-order chi connectivity index (χ1) is 13.1. The Morgan fingerprint density at radius 3 is 2.70 bits per heavy atom. The van der Waals surface area contributed by atoms with Gasteiger partial charge in [0.25, 0.3) is 0 Å². The van der Waals surface area contributed by atoms with E-state index >= 15 is 0 Å². The number of likely N-dealkylation sites (tertiary alicyclic amines) is 1. The molecule has 2 heterocycles. The number of benzene rings is 2. The molecule has 0 spiro atoms. The molecule has 1 aliphatic heterocycles. The number of halogens is 1. The van der Waals surface area contributed by atoms with Crippen LogP contribution in [0.5, 0.6) is 0 Å². The van der Waals surface area contributed by atoms with Gasteiger partial charge in [-0.05, 0) is 55.0 Å². The van der Waals surface area contributed by atoms with E-state index in [0.717, 1.165) is 38.0 Å². The Balaban J connectivity index is 1.35. The third-order valence-electron chi connectivity index (χ3n) is 5.47. The van der Waals surface area contributed by atoms with Gasteiger partial charge in [0.05, 0.1) is 0 Å². The summed E-state index contributed by atoms with van der Waals surface area (Å²) in [5, 5.41) is 4.92. The van der Waals surface area contributed by atoms with Crippen molar-refractivity contribution in [2.24, 2.45) is 13.0 Å². The Kier molecular flexibility index (Phi) is 5.08. The van der Waals surface area contributed by atoms with Crippen LogP contribution >= 0.6 is 11.6 Å². The molecule has 1 N–H and O–H groups in total. The summed E-state index contributed by atoms with van der Waals surface area (Å²) in [4.78, 5) is 14.4. The van der Waals surface area contributed by atoms with Crippen LogP contribution in [0.15, 0.2) is 54.7 Å². The van der Waals surface area contributed by atoms with E-state index in [1.54, 1.807) is 12.1 Å². The number of fused-ring (bicyclic) bond motifs is 1. The molecule has 3 aromatic rings.